The van der Waals surface area contributed by atoms with Crippen LogP contribution in [0.25, 0.3) is 0 Å². The lowest BCUT2D eigenvalue weighted by molar-refractivity contribution is 0.198. The highest BCUT2D eigenvalue weighted by Gasteiger charge is 2.18. The van der Waals surface area contributed by atoms with E-state index in [0.29, 0.717) is 41.4 Å². The summed E-state index contributed by atoms with van der Waals surface area (Å²) in [6, 6.07) is 19.1. The van der Waals surface area contributed by atoms with E-state index in [1.54, 1.807) is 42.5 Å². The fraction of sp³-hybridized carbons (Fsp3) is 0.0909. The Balaban J connectivity index is 1.71. The van der Waals surface area contributed by atoms with E-state index in [1.807, 2.05) is 24.3 Å². The number of benzene rings is 3. The Kier molecular flexibility index (Phi) is 9.34. The van der Waals surface area contributed by atoms with Gasteiger partial charge in [-0.15, -0.1) is 0 Å². The van der Waals surface area contributed by atoms with E-state index in [-0.39, 0.29) is 6.54 Å². The van der Waals surface area contributed by atoms with Gasteiger partial charge in [-0.1, -0.05) is 101 Å². The molecule has 0 aliphatic heterocycles. The molecular formula is C22H17Cl4N3OS2. The van der Waals surface area contributed by atoms with Crippen molar-refractivity contribution in [2.45, 2.75) is 12.3 Å². The van der Waals surface area contributed by atoms with Gasteiger partial charge < -0.3 is 5.32 Å². The van der Waals surface area contributed by atoms with Crippen molar-refractivity contribution in [1.82, 2.24) is 10.4 Å². The maximum absolute atomic E-state index is 13.0. The van der Waals surface area contributed by atoms with Crippen molar-refractivity contribution >= 4 is 86.4 Å². The average molecular weight is 545 g/mol. The lowest BCUT2D eigenvalue weighted by Gasteiger charge is -2.25. The summed E-state index contributed by atoms with van der Waals surface area (Å²) in [5, 5.41) is 6.28. The van der Waals surface area contributed by atoms with Gasteiger partial charge in [-0.05, 0) is 47.5 Å². The van der Waals surface area contributed by atoms with Gasteiger partial charge in [-0.3, -0.25) is 5.43 Å². The van der Waals surface area contributed by atoms with Crippen LogP contribution in [0.4, 0.5) is 10.5 Å². The largest absolute Gasteiger partial charge is 0.340 e. The fourth-order valence-corrected chi connectivity index (χ4v) is 4.64. The molecule has 0 unspecified atom stereocenters. The van der Waals surface area contributed by atoms with Crippen molar-refractivity contribution in [3.8, 4) is 0 Å². The van der Waals surface area contributed by atoms with E-state index >= 15 is 0 Å². The number of rotatable bonds is 5. The zero-order valence-corrected chi connectivity index (χ0v) is 21.1. The zero-order chi connectivity index (χ0) is 23.1. The predicted octanol–water partition coefficient (Wildman–Crippen LogP) is 8.06. The summed E-state index contributed by atoms with van der Waals surface area (Å²) in [4.78, 5) is 13.0. The molecule has 0 bridgehead atoms. The zero-order valence-electron chi connectivity index (χ0n) is 16.4. The average Bonchev–Trinajstić information content (AvgIpc) is 2.75. The highest BCUT2D eigenvalue weighted by atomic mass is 35.5. The number of anilines is 1. The van der Waals surface area contributed by atoms with E-state index in [2.05, 4.69) is 10.7 Å². The number of halogens is 4. The number of urea groups is 1. The number of nitrogens with one attached hydrogen (secondary N) is 2. The number of hydrogen-bond acceptors (Lipinski definition) is 3. The summed E-state index contributed by atoms with van der Waals surface area (Å²) in [6.45, 7) is 0.164. The summed E-state index contributed by atoms with van der Waals surface area (Å²) < 4.78 is 0.393. The molecule has 0 heterocycles. The number of para-hydroxylation sites is 1. The van der Waals surface area contributed by atoms with Crippen LogP contribution >= 0.6 is 70.4 Å². The van der Waals surface area contributed by atoms with Crippen molar-refractivity contribution in [1.29, 1.82) is 0 Å². The van der Waals surface area contributed by atoms with E-state index in [4.69, 9.17) is 58.6 Å². The summed E-state index contributed by atoms with van der Waals surface area (Å²) >= 11 is 31.3. The lowest BCUT2D eigenvalue weighted by Crippen LogP contribution is -2.46. The molecule has 0 fully saturated rings. The highest BCUT2D eigenvalue weighted by molar-refractivity contribution is 8.22. The van der Waals surface area contributed by atoms with Crippen LogP contribution in [-0.2, 0) is 12.3 Å². The SMILES string of the molecule is O=C(Nc1ccccc1)N(Cc1ccc(Cl)cc1Cl)NC(=S)SCc1ccc(Cl)cc1Cl. The third kappa shape index (κ3) is 7.44. The Hall–Kier alpha value is -1.67. The highest BCUT2D eigenvalue weighted by Crippen LogP contribution is 2.26. The first-order chi connectivity index (χ1) is 15.3. The van der Waals surface area contributed by atoms with E-state index in [1.165, 1.54) is 16.8 Å². The van der Waals surface area contributed by atoms with Gasteiger partial charge in [-0.25, -0.2) is 9.80 Å². The molecule has 0 radical (unpaired) electrons. The van der Waals surface area contributed by atoms with Gasteiger partial charge in [0.05, 0.1) is 6.54 Å². The molecule has 0 aliphatic rings. The molecule has 10 heteroatoms. The van der Waals surface area contributed by atoms with Crippen molar-refractivity contribution < 1.29 is 4.79 Å². The van der Waals surface area contributed by atoms with Crippen LogP contribution in [0.2, 0.25) is 20.1 Å². The molecule has 32 heavy (non-hydrogen) atoms. The Morgan fingerprint density at radius 3 is 2.06 bits per heavy atom. The number of thioether (sulfide) groups is 1. The number of nitrogens with zero attached hydrogens (tertiary/aromatic N) is 1. The van der Waals surface area contributed by atoms with Gasteiger partial charge in [0, 0.05) is 31.5 Å². The Morgan fingerprint density at radius 1 is 0.875 bits per heavy atom. The maximum atomic E-state index is 13.0. The molecule has 0 atom stereocenters. The molecular weight excluding hydrogens is 528 g/mol. The second-order valence-corrected chi connectivity index (χ2v) is 9.88. The van der Waals surface area contributed by atoms with Crippen LogP contribution in [0.1, 0.15) is 11.1 Å². The second-order valence-electron chi connectivity index (χ2n) is 6.54. The van der Waals surface area contributed by atoms with E-state index in [9.17, 15) is 4.79 Å². The Labute approximate surface area is 216 Å². The summed E-state index contributed by atoms with van der Waals surface area (Å²) in [7, 11) is 0. The minimum Gasteiger partial charge on any atom is -0.306 e. The summed E-state index contributed by atoms with van der Waals surface area (Å²) in [5.41, 5.74) is 5.22. The second kappa shape index (κ2) is 12.0. The van der Waals surface area contributed by atoms with Crippen LogP contribution in [0.5, 0.6) is 0 Å². The molecule has 3 aromatic carbocycles. The van der Waals surface area contributed by atoms with Crippen LogP contribution in [0.15, 0.2) is 66.7 Å². The molecule has 0 saturated carbocycles. The van der Waals surface area contributed by atoms with Gasteiger partial charge >= 0.3 is 6.03 Å². The van der Waals surface area contributed by atoms with Crippen LogP contribution in [-0.4, -0.2) is 15.4 Å². The summed E-state index contributed by atoms with van der Waals surface area (Å²) in [5.74, 6) is 0.512. The first-order valence-electron chi connectivity index (χ1n) is 9.26. The van der Waals surface area contributed by atoms with Gasteiger partial charge in [0.1, 0.15) is 0 Å². The van der Waals surface area contributed by atoms with Crippen molar-refractivity contribution in [2.24, 2.45) is 0 Å². The van der Waals surface area contributed by atoms with Gasteiger partial charge in [0.2, 0.25) is 0 Å². The maximum Gasteiger partial charge on any atom is 0.340 e. The number of hydrazine groups is 1. The van der Waals surface area contributed by atoms with Crippen LogP contribution in [0, 0.1) is 0 Å². The number of amides is 2. The number of carbonyl (C=O) groups excluding carboxylic acids is 1. The number of carbonyl (C=O) groups is 1. The van der Waals surface area contributed by atoms with Crippen LogP contribution < -0.4 is 10.7 Å². The lowest BCUT2D eigenvalue weighted by atomic mass is 10.2. The minimum atomic E-state index is -0.394. The molecule has 4 nitrogen and oxygen atoms in total. The molecule has 0 aromatic heterocycles. The Bertz CT molecular complexity index is 1120. The van der Waals surface area contributed by atoms with Crippen molar-refractivity contribution in [3.05, 3.63) is 97.9 Å². The first-order valence-corrected chi connectivity index (χ1v) is 12.2. The predicted molar refractivity (Wildman–Crippen MR) is 141 cm³/mol. The number of hydrogen-bond donors (Lipinski definition) is 2. The normalized spacial score (nSPS) is 10.5. The van der Waals surface area contributed by atoms with Crippen molar-refractivity contribution in [2.75, 3.05) is 5.32 Å². The third-order valence-corrected chi connectivity index (χ3v) is 6.64. The van der Waals surface area contributed by atoms with Crippen molar-refractivity contribution in [3.63, 3.8) is 0 Å². The van der Waals surface area contributed by atoms with Gasteiger partial charge in [-0.2, -0.15) is 0 Å². The van der Waals surface area contributed by atoms with Gasteiger partial charge in [0.25, 0.3) is 0 Å². The monoisotopic (exact) mass is 543 g/mol. The minimum absolute atomic E-state index is 0.164. The molecule has 2 N–H and O–H groups in total. The molecule has 0 spiro atoms. The molecule has 3 rings (SSSR count). The summed E-state index contributed by atoms with van der Waals surface area (Å²) in [6.07, 6.45) is 0. The standard InChI is InChI=1S/C22H17Cl4N3OS2/c23-16-8-6-14(19(25)10-16)12-29(21(30)27-18-4-2-1-3-5-18)28-22(31)32-13-15-7-9-17(24)11-20(15)26/h1-11H,12-13H2,(H,27,30)(H,28,31). The molecule has 2 amide bonds. The van der Waals surface area contributed by atoms with Crippen LogP contribution in [0.3, 0.4) is 0 Å². The third-order valence-electron chi connectivity index (χ3n) is 4.21. The molecule has 0 saturated heterocycles. The van der Waals surface area contributed by atoms with E-state index in [0.717, 1.165) is 5.56 Å². The first kappa shape index (κ1) is 25.0. The fourth-order valence-electron chi connectivity index (χ4n) is 2.62. The molecule has 166 valence electrons. The van der Waals surface area contributed by atoms with Gasteiger partial charge in [0.15, 0.2) is 4.32 Å². The molecule has 0 aliphatic carbocycles. The number of thiocarbonyl (C=S) groups is 1. The topological polar surface area (TPSA) is 44.4 Å². The quantitative estimate of drug-likeness (QED) is 0.252. The van der Waals surface area contributed by atoms with E-state index < -0.39 is 6.03 Å². The Morgan fingerprint density at radius 2 is 1.47 bits per heavy atom. The molecule has 3 aromatic rings. The smallest absolute Gasteiger partial charge is 0.306 e.